The Balaban J connectivity index is 1.28. The van der Waals surface area contributed by atoms with Crippen molar-refractivity contribution < 1.29 is 23.8 Å². The van der Waals surface area contributed by atoms with Gasteiger partial charge in [0.05, 0.1) is 18.7 Å². The molecule has 0 bridgehead atoms. The SMILES string of the molecule is COc1ccc(C)cc1N1C[C@H](C(=O)Nc2ccc3c(c2)OC2(CCCC2)O3)CC1=O. The number of anilines is 2. The number of ether oxygens (including phenoxy) is 3. The first-order valence-corrected chi connectivity index (χ1v) is 10.7. The average molecular weight is 422 g/mol. The summed E-state index contributed by atoms with van der Waals surface area (Å²) in [6, 6.07) is 11.1. The van der Waals surface area contributed by atoms with E-state index in [1.807, 2.05) is 37.3 Å². The third-order valence-electron chi connectivity index (χ3n) is 6.29. The molecule has 162 valence electrons. The van der Waals surface area contributed by atoms with Crippen LogP contribution in [0.2, 0.25) is 0 Å². The quantitative estimate of drug-likeness (QED) is 0.805. The Morgan fingerprint density at radius 1 is 1.13 bits per heavy atom. The number of hydrogen-bond acceptors (Lipinski definition) is 5. The molecule has 2 heterocycles. The van der Waals surface area contributed by atoms with Gasteiger partial charge in [-0.25, -0.2) is 0 Å². The van der Waals surface area contributed by atoms with Gasteiger partial charge in [-0.2, -0.15) is 0 Å². The number of methoxy groups -OCH3 is 1. The summed E-state index contributed by atoms with van der Waals surface area (Å²) in [6.07, 6.45) is 4.11. The molecule has 1 N–H and O–H groups in total. The summed E-state index contributed by atoms with van der Waals surface area (Å²) < 4.78 is 17.5. The van der Waals surface area contributed by atoms with Crippen molar-refractivity contribution in [2.75, 3.05) is 23.9 Å². The van der Waals surface area contributed by atoms with E-state index in [0.29, 0.717) is 35.2 Å². The molecule has 0 unspecified atom stereocenters. The highest BCUT2D eigenvalue weighted by Gasteiger charge is 2.44. The van der Waals surface area contributed by atoms with E-state index in [2.05, 4.69) is 5.32 Å². The first-order valence-electron chi connectivity index (χ1n) is 10.7. The third kappa shape index (κ3) is 3.58. The van der Waals surface area contributed by atoms with Crippen LogP contribution < -0.4 is 24.4 Å². The van der Waals surface area contributed by atoms with Crippen molar-refractivity contribution >= 4 is 23.2 Å². The molecule has 0 radical (unpaired) electrons. The number of nitrogens with zero attached hydrogens (tertiary/aromatic N) is 1. The highest BCUT2D eigenvalue weighted by molar-refractivity contribution is 6.04. The van der Waals surface area contributed by atoms with Gasteiger partial charge in [0.15, 0.2) is 11.5 Å². The van der Waals surface area contributed by atoms with Crippen LogP contribution in [0.5, 0.6) is 17.2 Å². The van der Waals surface area contributed by atoms with Crippen molar-refractivity contribution in [1.29, 1.82) is 0 Å². The number of benzene rings is 2. The molecule has 3 aliphatic rings. The molecular weight excluding hydrogens is 396 g/mol. The summed E-state index contributed by atoms with van der Waals surface area (Å²) in [7, 11) is 1.58. The van der Waals surface area contributed by atoms with Crippen LogP contribution in [0.1, 0.15) is 37.7 Å². The maximum Gasteiger partial charge on any atom is 0.251 e. The van der Waals surface area contributed by atoms with Crippen LogP contribution >= 0.6 is 0 Å². The van der Waals surface area contributed by atoms with Crippen LogP contribution in [0, 0.1) is 12.8 Å². The molecule has 7 heteroatoms. The van der Waals surface area contributed by atoms with Crippen molar-refractivity contribution in [2.45, 2.75) is 44.8 Å². The largest absolute Gasteiger partial charge is 0.495 e. The van der Waals surface area contributed by atoms with Crippen LogP contribution in [0.4, 0.5) is 11.4 Å². The molecular formula is C24H26N2O5. The minimum Gasteiger partial charge on any atom is -0.495 e. The monoisotopic (exact) mass is 422 g/mol. The summed E-state index contributed by atoms with van der Waals surface area (Å²) >= 11 is 0. The van der Waals surface area contributed by atoms with Crippen molar-refractivity contribution in [3.05, 3.63) is 42.0 Å². The number of carbonyl (C=O) groups excluding carboxylic acids is 2. The molecule has 2 aliphatic heterocycles. The van der Waals surface area contributed by atoms with E-state index in [1.165, 1.54) is 0 Å². The fourth-order valence-corrected chi connectivity index (χ4v) is 4.66. The van der Waals surface area contributed by atoms with E-state index in [4.69, 9.17) is 14.2 Å². The molecule has 5 rings (SSSR count). The third-order valence-corrected chi connectivity index (χ3v) is 6.29. The van der Waals surface area contributed by atoms with Gasteiger partial charge in [0, 0.05) is 37.6 Å². The number of rotatable bonds is 4. The Kier molecular flexibility index (Phi) is 4.76. The van der Waals surface area contributed by atoms with Crippen molar-refractivity contribution in [3.63, 3.8) is 0 Å². The lowest BCUT2D eigenvalue weighted by Gasteiger charge is -2.21. The molecule has 7 nitrogen and oxygen atoms in total. The number of hydrogen-bond donors (Lipinski definition) is 1. The normalized spacial score (nSPS) is 21.0. The van der Waals surface area contributed by atoms with Crippen LogP contribution in [-0.2, 0) is 9.59 Å². The average Bonchev–Trinajstić information content (AvgIpc) is 3.46. The van der Waals surface area contributed by atoms with Crippen LogP contribution in [0.3, 0.4) is 0 Å². The lowest BCUT2D eigenvalue weighted by atomic mass is 10.1. The number of fused-ring (bicyclic) bond motifs is 1. The van der Waals surface area contributed by atoms with Gasteiger partial charge in [0.25, 0.3) is 5.79 Å². The van der Waals surface area contributed by atoms with Gasteiger partial charge in [0.1, 0.15) is 5.75 Å². The van der Waals surface area contributed by atoms with Gasteiger partial charge in [-0.05, 0) is 49.6 Å². The Morgan fingerprint density at radius 2 is 1.90 bits per heavy atom. The van der Waals surface area contributed by atoms with Gasteiger partial charge in [-0.1, -0.05) is 6.07 Å². The second-order valence-corrected chi connectivity index (χ2v) is 8.55. The van der Waals surface area contributed by atoms with Crippen LogP contribution in [-0.4, -0.2) is 31.3 Å². The lowest BCUT2D eigenvalue weighted by molar-refractivity contribution is -0.122. The van der Waals surface area contributed by atoms with Crippen molar-refractivity contribution in [2.24, 2.45) is 5.92 Å². The number of amides is 2. The van der Waals surface area contributed by atoms with Gasteiger partial charge < -0.3 is 24.4 Å². The zero-order valence-corrected chi connectivity index (χ0v) is 17.8. The van der Waals surface area contributed by atoms with Gasteiger partial charge in [-0.3, -0.25) is 9.59 Å². The smallest absolute Gasteiger partial charge is 0.251 e. The van der Waals surface area contributed by atoms with Crippen molar-refractivity contribution in [3.8, 4) is 17.2 Å². The molecule has 1 atom stereocenters. The Hall–Kier alpha value is -3.22. The summed E-state index contributed by atoms with van der Waals surface area (Å²) in [5.74, 6) is 0.758. The standard InChI is InChI=1S/C24H26N2O5/c1-15-5-7-19(29-2)18(11-15)26-14-16(12-22(26)27)23(28)25-17-6-8-20-21(13-17)31-24(30-20)9-3-4-10-24/h5-8,11,13,16H,3-4,9-10,12,14H2,1-2H3,(H,25,28)/t16-/m1/s1. The van der Waals surface area contributed by atoms with E-state index in [1.54, 1.807) is 18.1 Å². The molecule has 31 heavy (non-hydrogen) atoms. The maximum atomic E-state index is 12.9. The summed E-state index contributed by atoms with van der Waals surface area (Å²) in [5.41, 5.74) is 2.37. The Morgan fingerprint density at radius 3 is 2.68 bits per heavy atom. The number of carbonyl (C=O) groups is 2. The van der Waals surface area contributed by atoms with Crippen LogP contribution in [0.25, 0.3) is 0 Å². The minimum atomic E-state index is -0.532. The molecule has 2 aromatic rings. The lowest BCUT2D eigenvalue weighted by Crippen LogP contribution is -2.34. The predicted octanol–water partition coefficient (Wildman–Crippen LogP) is 4.04. The molecule has 2 amide bonds. The second kappa shape index (κ2) is 7.48. The zero-order valence-electron chi connectivity index (χ0n) is 17.8. The number of aryl methyl sites for hydroxylation is 1. The fourth-order valence-electron chi connectivity index (χ4n) is 4.66. The van der Waals surface area contributed by atoms with E-state index in [9.17, 15) is 9.59 Å². The molecule has 1 saturated carbocycles. The van der Waals surface area contributed by atoms with Gasteiger partial charge in [0.2, 0.25) is 11.8 Å². The first-order chi connectivity index (χ1) is 15.0. The summed E-state index contributed by atoms with van der Waals surface area (Å²) in [5, 5.41) is 2.94. The minimum absolute atomic E-state index is 0.0853. The van der Waals surface area contributed by atoms with Crippen LogP contribution in [0.15, 0.2) is 36.4 Å². The fraction of sp³-hybridized carbons (Fsp3) is 0.417. The molecule has 0 aromatic heterocycles. The molecule has 1 aliphatic carbocycles. The van der Waals surface area contributed by atoms with E-state index < -0.39 is 11.7 Å². The highest BCUT2D eigenvalue weighted by Crippen LogP contribution is 2.47. The highest BCUT2D eigenvalue weighted by atomic mass is 16.7. The van der Waals surface area contributed by atoms with Gasteiger partial charge in [-0.15, -0.1) is 0 Å². The van der Waals surface area contributed by atoms with Gasteiger partial charge >= 0.3 is 0 Å². The summed E-state index contributed by atoms with van der Waals surface area (Å²) in [4.78, 5) is 27.2. The zero-order chi connectivity index (χ0) is 21.6. The molecule has 1 saturated heterocycles. The predicted molar refractivity (Wildman–Crippen MR) is 116 cm³/mol. The maximum absolute atomic E-state index is 12.9. The molecule has 2 aromatic carbocycles. The number of nitrogens with one attached hydrogen (secondary N) is 1. The van der Waals surface area contributed by atoms with E-state index in [0.717, 1.165) is 31.2 Å². The van der Waals surface area contributed by atoms with Crippen molar-refractivity contribution in [1.82, 2.24) is 0 Å². The topological polar surface area (TPSA) is 77.1 Å². The first kappa shape index (κ1) is 19.7. The Bertz CT molecular complexity index is 1040. The second-order valence-electron chi connectivity index (χ2n) is 8.55. The van der Waals surface area contributed by atoms with E-state index in [-0.39, 0.29) is 18.2 Å². The molecule has 1 spiro atoms. The van der Waals surface area contributed by atoms with E-state index >= 15 is 0 Å². The Labute approximate surface area is 181 Å². The summed E-state index contributed by atoms with van der Waals surface area (Å²) in [6.45, 7) is 2.28. The molecule has 2 fully saturated rings.